The molecule has 4 heterocycles. The first-order valence-corrected chi connectivity index (χ1v) is 25.6. The van der Waals surface area contributed by atoms with E-state index in [1.54, 1.807) is 0 Å². The van der Waals surface area contributed by atoms with Gasteiger partial charge < -0.3 is 13.4 Å². The van der Waals surface area contributed by atoms with E-state index in [9.17, 15) is 0 Å². The first-order valence-electron chi connectivity index (χ1n) is 25.6. The van der Waals surface area contributed by atoms with Crippen molar-refractivity contribution in [1.82, 2.24) is 19.5 Å². The lowest BCUT2D eigenvalue weighted by Crippen LogP contribution is -2.00. The van der Waals surface area contributed by atoms with Gasteiger partial charge in [0, 0.05) is 65.8 Å². The minimum absolute atomic E-state index is 0.574. The molecule has 0 aliphatic rings. The first kappa shape index (κ1) is 43.8. The number of hydrogen-bond donors (Lipinski definition) is 0. The fourth-order valence-electron chi connectivity index (χ4n) is 11.0. The Morgan fingerprint density at radius 1 is 0.320 bits per heavy atom. The van der Waals surface area contributed by atoms with Crippen LogP contribution in [-0.2, 0) is 0 Å². The molecule has 0 aliphatic carbocycles. The Kier molecular flexibility index (Phi) is 10.5. The molecule has 0 aliphatic heterocycles. The van der Waals surface area contributed by atoms with Crippen molar-refractivity contribution in [3.8, 4) is 73.2 Å². The van der Waals surface area contributed by atoms with Crippen LogP contribution in [0.3, 0.4) is 0 Å². The summed E-state index contributed by atoms with van der Waals surface area (Å²) in [7, 11) is 0. The molecule has 15 rings (SSSR count). The summed E-state index contributed by atoms with van der Waals surface area (Å²) in [5.74, 6) is 1.76. The molecule has 4 aromatic heterocycles. The maximum Gasteiger partial charge on any atom is 0.164 e. The fourth-order valence-corrected chi connectivity index (χ4v) is 11.0. The molecule has 0 saturated carbocycles. The van der Waals surface area contributed by atoms with Gasteiger partial charge in [0.05, 0.1) is 11.0 Å². The standard InChI is InChI=1S/C67H40N4O2.C2H6/c1-2-16-42(17-3-1)65-68-66(70-67(69-65)48-33-35-55-53-25-6-8-31-59(53)72-61(55)40-48)47-22-10-18-43(37-47)44-19-12-23-49(39-44)71-58-36-34-41-15-4-5-24-50(41)62(58)57-30-13-27-51(63(57)71)45-20-11-21-46(38-45)52-28-14-29-56-54-26-7-9-32-60(54)73-64(52)56;1-2/h1-40H;1-2H3. The van der Waals surface area contributed by atoms with Crippen molar-refractivity contribution in [2.75, 3.05) is 0 Å². The smallest absolute Gasteiger partial charge is 0.164 e. The molecule has 15 aromatic rings. The van der Waals surface area contributed by atoms with E-state index in [-0.39, 0.29) is 0 Å². The van der Waals surface area contributed by atoms with Gasteiger partial charge in [-0.15, -0.1) is 0 Å². The van der Waals surface area contributed by atoms with E-state index in [2.05, 4.69) is 180 Å². The van der Waals surface area contributed by atoms with Crippen molar-refractivity contribution in [2.45, 2.75) is 13.8 Å². The number of para-hydroxylation sites is 4. The fraction of sp³-hybridized carbons (Fsp3) is 0.0290. The van der Waals surface area contributed by atoms with Gasteiger partial charge in [-0.3, -0.25) is 0 Å². The van der Waals surface area contributed by atoms with E-state index in [1.807, 2.05) is 80.6 Å². The molecule has 0 N–H and O–H groups in total. The highest BCUT2D eigenvalue weighted by Crippen LogP contribution is 2.44. The second kappa shape index (κ2) is 18.0. The highest BCUT2D eigenvalue weighted by molar-refractivity contribution is 6.23. The molecular weight excluding hydrogens is 917 g/mol. The third-order valence-electron chi connectivity index (χ3n) is 14.4. The van der Waals surface area contributed by atoms with Crippen LogP contribution in [0.25, 0.3) is 150 Å². The van der Waals surface area contributed by atoms with Crippen molar-refractivity contribution < 1.29 is 8.83 Å². The zero-order valence-corrected chi connectivity index (χ0v) is 41.2. The van der Waals surface area contributed by atoms with Gasteiger partial charge >= 0.3 is 0 Å². The van der Waals surface area contributed by atoms with Crippen LogP contribution >= 0.6 is 0 Å². The largest absolute Gasteiger partial charge is 0.456 e. The van der Waals surface area contributed by atoms with E-state index in [1.165, 1.54) is 21.5 Å². The molecule has 75 heavy (non-hydrogen) atoms. The Morgan fingerprint density at radius 2 is 0.840 bits per heavy atom. The normalized spacial score (nSPS) is 11.6. The molecule has 0 bridgehead atoms. The van der Waals surface area contributed by atoms with Crippen LogP contribution in [0.4, 0.5) is 0 Å². The van der Waals surface area contributed by atoms with Crippen LogP contribution in [-0.4, -0.2) is 19.5 Å². The number of hydrogen-bond acceptors (Lipinski definition) is 5. The summed E-state index contributed by atoms with van der Waals surface area (Å²) >= 11 is 0. The Balaban J connectivity index is 0.00000255. The lowest BCUT2D eigenvalue weighted by Gasteiger charge is -2.14. The third kappa shape index (κ3) is 7.37. The van der Waals surface area contributed by atoms with Crippen LogP contribution in [0.15, 0.2) is 251 Å². The van der Waals surface area contributed by atoms with E-state index in [4.69, 9.17) is 23.8 Å². The van der Waals surface area contributed by atoms with E-state index in [0.29, 0.717) is 17.5 Å². The van der Waals surface area contributed by atoms with Crippen molar-refractivity contribution in [3.63, 3.8) is 0 Å². The van der Waals surface area contributed by atoms with Gasteiger partial charge in [-0.05, 0) is 87.6 Å². The second-order valence-corrected chi connectivity index (χ2v) is 18.7. The Hall–Kier alpha value is -9.91. The highest BCUT2D eigenvalue weighted by atomic mass is 16.3. The topological polar surface area (TPSA) is 69.9 Å². The van der Waals surface area contributed by atoms with Gasteiger partial charge in [0.25, 0.3) is 0 Å². The summed E-state index contributed by atoms with van der Waals surface area (Å²) in [4.78, 5) is 15.3. The summed E-state index contributed by atoms with van der Waals surface area (Å²) < 4.78 is 15.3. The zero-order valence-electron chi connectivity index (χ0n) is 41.2. The number of rotatable bonds is 7. The van der Waals surface area contributed by atoms with Crippen LogP contribution in [0, 0.1) is 0 Å². The molecule has 0 atom stereocenters. The van der Waals surface area contributed by atoms with Crippen molar-refractivity contribution in [1.29, 1.82) is 0 Å². The lowest BCUT2D eigenvalue weighted by atomic mass is 9.96. The maximum atomic E-state index is 6.54. The predicted molar refractivity (Wildman–Crippen MR) is 310 cm³/mol. The highest BCUT2D eigenvalue weighted by Gasteiger charge is 2.21. The molecule has 11 aromatic carbocycles. The molecule has 6 nitrogen and oxygen atoms in total. The van der Waals surface area contributed by atoms with Gasteiger partial charge in [-0.25, -0.2) is 15.0 Å². The zero-order chi connectivity index (χ0) is 50.0. The average molecular weight is 963 g/mol. The maximum absolute atomic E-state index is 6.54. The van der Waals surface area contributed by atoms with Gasteiger partial charge in [0.2, 0.25) is 0 Å². The number of furan rings is 2. The first-order chi connectivity index (χ1) is 37.2. The Bertz CT molecular complexity index is 4700. The van der Waals surface area contributed by atoms with Crippen LogP contribution in [0.5, 0.6) is 0 Å². The van der Waals surface area contributed by atoms with Crippen molar-refractivity contribution in [3.05, 3.63) is 243 Å². The van der Waals surface area contributed by atoms with Gasteiger partial charge in [0.1, 0.15) is 22.3 Å². The van der Waals surface area contributed by atoms with Gasteiger partial charge in [-0.1, -0.05) is 202 Å². The van der Waals surface area contributed by atoms with Crippen molar-refractivity contribution >= 4 is 76.5 Å². The SMILES string of the molecule is CC.c1ccc(-c2nc(-c3cccc(-c4cccc(-n5c6ccc7ccccc7c6c6cccc(-c7cccc(-c8cccc9c8oc8ccccc89)c7)c65)c4)c3)nc(-c3ccc4c(c3)oc3ccccc34)n2)cc1. The number of fused-ring (bicyclic) bond motifs is 11. The summed E-state index contributed by atoms with van der Waals surface area (Å²) in [6.07, 6.45) is 0. The molecule has 0 saturated heterocycles. The number of nitrogens with zero attached hydrogens (tertiary/aromatic N) is 4. The van der Waals surface area contributed by atoms with Gasteiger partial charge in [0.15, 0.2) is 17.5 Å². The Labute approximate surface area is 432 Å². The summed E-state index contributed by atoms with van der Waals surface area (Å²) in [5, 5.41) is 9.22. The van der Waals surface area contributed by atoms with Crippen LogP contribution < -0.4 is 0 Å². The molecule has 0 fully saturated rings. The predicted octanol–water partition coefficient (Wildman–Crippen LogP) is 18.9. The third-order valence-corrected chi connectivity index (χ3v) is 14.4. The van der Waals surface area contributed by atoms with E-state index < -0.39 is 0 Å². The quantitative estimate of drug-likeness (QED) is 0.159. The number of benzene rings is 11. The molecular formula is C69H46N4O2. The molecule has 354 valence electrons. The van der Waals surface area contributed by atoms with E-state index in [0.717, 1.165) is 111 Å². The molecule has 0 spiro atoms. The average Bonchev–Trinajstić information content (AvgIpc) is 4.23. The lowest BCUT2D eigenvalue weighted by molar-refractivity contribution is 0.669. The molecule has 0 unspecified atom stereocenters. The minimum Gasteiger partial charge on any atom is -0.456 e. The van der Waals surface area contributed by atoms with Gasteiger partial charge in [-0.2, -0.15) is 0 Å². The summed E-state index contributed by atoms with van der Waals surface area (Å²) in [5.41, 5.74) is 16.0. The molecule has 0 amide bonds. The Morgan fingerprint density at radius 3 is 1.63 bits per heavy atom. The van der Waals surface area contributed by atoms with Crippen LogP contribution in [0.1, 0.15) is 13.8 Å². The summed E-state index contributed by atoms with van der Waals surface area (Å²) in [6.45, 7) is 4.00. The molecule has 6 heteroatoms. The monoisotopic (exact) mass is 962 g/mol. The summed E-state index contributed by atoms with van der Waals surface area (Å²) in [6, 6.07) is 85.4. The van der Waals surface area contributed by atoms with Crippen LogP contribution in [0.2, 0.25) is 0 Å². The minimum atomic E-state index is 0.574. The second-order valence-electron chi connectivity index (χ2n) is 18.7. The van der Waals surface area contributed by atoms with Crippen molar-refractivity contribution in [2.24, 2.45) is 0 Å². The van der Waals surface area contributed by atoms with E-state index >= 15 is 0 Å². The molecule has 0 radical (unpaired) electrons. The number of aromatic nitrogens is 4.